The third-order valence-electron chi connectivity index (χ3n) is 2.17. The molecule has 0 spiro atoms. The first-order valence-corrected chi connectivity index (χ1v) is 6.28. The van der Waals surface area contributed by atoms with Crippen molar-refractivity contribution >= 4 is 20.9 Å². The van der Waals surface area contributed by atoms with Gasteiger partial charge in [-0.1, -0.05) is 24.3 Å². The fourth-order valence-electron chi connectivity index (χ4n) is 1.51. The van der Waals surface area contributed by atoms with Gasteiger partial charge in [0, 0.05) is 23.2 Å². The molecule has 16 heavy (non-hydrogen) atoms. The van der Waals surface area contributed by atoms with Gasteiger partial charge in [-0.3, -0.25) is 9.17 Å². The summed E-state index contributed by atoms with van der Waals surface area (Å²) in [5, 5.41) is 1.41. The largest absolute Gasteiger partial charge is 0.299 e. The van der Waals surface area contributed by atoms with E-state index in [2.05, 4.69) is 4.98 Å². The molecule has 0 bridgehead atoms. The number of benzene rings is 1. The van der Waals surface area contributed by atoms with Crippen molar-refractivity contribution in [3.8, 4) is 0 Å². The predicted molar refractivity (Wildman–Crippen MR) is 60.6 cm³/mol. The van der Waals surface area contributed by atoms with Gasteiger partial charge < -0.3 is 0 Å². The van der Waals surface area contributed by atoms with Gasteiger partial charge in [0.1, 0.15) is 4.90 Å². The summed E-state index contributed by atoms with van der Waals surface area (Å²) in [5.41, 5.74) is 0. The number of hydrogen-bond donors (Lipinski definition) is 0. The Morgan fingerprint density at radius 1 is 1.25 bits per heavy atom. The number of rotatable bonds is 3. The van der Waals surface area contributed by atoms with Gasteiger partial charge in [-0.2, -0.15) is 8.42 Å². The Morgan fingerprint density at radius 2 is 2.00 bits per heavy atom. The van der Waals surface area contributed by atoms with Crippen LogP contribution in [0.15, 0.2) is 41.6 Å². The molecule has 0 aliphatic rings. The van der Waals surface area contributed by atoms with E-state index in [9.17, 15) is 8.42 Å². The maximum Gasteiger partial charge on any atom is 0.299 e. The molecule has 0 amide bonds. The molecule has 0 atom stereocenters. The van der Waals surface area contributed by atoms with E-state index in [1.807, 2.05) is 12.1 Å². The molecular weight excluding hydrogens is 226 g/mol. The minimum atomic E-state index is -3.70. The molecule has 4 nitrogen and oxygen atoms in total. The monoisotopic (exact) mass is 237 g/mol. The van der Waals surface area contributed by atoms with E-state index in [0.717, 1.165) is 5.39 Å². The summed E-state index contributed by atoms with van der Waals surface area (Å²) in [5.74, 6) is 0. The normalized spacial score (nSPS) is 11.8. The summed E-state index contributed by atoms with van der Waals surface area (Å²) < 4.78 is 28.3. The summed E-state index contributed by atoms with van der Waals surface area (Å²) in [6.07, 6.45) is 2.94. The molecule has 0 unspecified atom stereocenters. The lowest BCUT2D eigenvalue weighted by atomic mass is 10.2. The first kappa shape index (κ1) is 11.0. The standard InChI is InChI=1S/C11H11NO3S/c1-2-15-16(13,14)11-8-12-7-9-5-3-4-6-10(9)11/h3-8H,2H2,1H3. The maximum atomic E-state index is 11.8. The third kappa shape index (κ3) is 1.91. The van der Waals surface area contributed by atoms with Crippen molar-refractivity contribution in [1.29, 1.82) is 0 Å². The fraction of sp³-hybridized carbons (Fsp3) is 0.182. The Kier molecular flexibility index (Phi) is 2.89. The number of pyridine rings is 1. The molecule has 0 fully saturated rings. The van der Waals surface area contributed by atoms with E-state index in [-0.39, 0.29) is 11.5 Å². The average Bonchev–Trinajstić information content (AvgIpc) is 2.28. The Hall–Kier alpha value is -1.46. The van der Waals surface area contributed by atoms with Crippen molar-refractivity contribution in [3.63, 3.8) is 0 Å². The van der Waals surface area contributed by atoms with E-state index in [1.54, 1.807) is 25.3 Å². The summed E-state index contributed by atoms with van der Waals surface area (Å²) in [7, 11) is -3.70. The van der Waals surface area contributed by atoms with Crippen LogP contribution in [0.4, 0.5) is 0 Å². The molecule has 1 heterocycles. The Balaban J connectivity index is 2.70. The molecule has 84 valence electrons. The van der Waals surface area contributed by atoms with Crippen molar-refractivity contribution in [2.75, 3.05) is 6.61 Å². The number of aromatic nitrogens is 1. The van der Waals surface area contributed by atoms with Gasteiger partial charge in [0.15, 0.2) is 0 Å². The van der Waals surface area contributed by atoms with Crippen LogP contribution < -0.4 is 0 Å². The SMILES string of the molecule is CCOS(=O)(=O)c1cncc2ccccc12. The molecule has 0 saturated heterocycles. The molecule has 2 aromatic rings. The van der Waals surface area contributed by atoms with Crippen LogP contribution >= 0.6 is 0 Å². The third-order valence-corrected chi connectivity index (χ3v) is 3.58. The average molecular weight is 237 g/mol. The minimum Gasteiger partial charge on any atom is -0.267 e. The van der Waals surface area contributed by atoms with E-state index in [4.69, 9.17) is 4.18 Å². The molecule has 0 saturated carbocycles. The zero-order valence-corrected chi connectivity index (χ0v) is 9.57. The second-order valence-corrected chi connectivity index (χ2v) is 4.80. The van der Waals surface area contributed by atoms with Crippen LogP contribution in [0.5, 0.6) is 0 Å². The van der Waals surface area contributed by atoms with Crippen LogP contribution in [0.3, 0.4) is 0 Å². The van der Waals surface area contributed by atoms with E-state index >= 15 is 0 Å². The van der Waals surface area contributed by atoms with Crippen LogP contribution in [0.25, 0.3) is 10.8 Å². The second kappa shape index (κ2) is 4.19. The fourth-order valence-corrected chi connectivity index (χ4v) is 2.59. The minimum absolute atomic E-state index is 0.117. The quantitative estimate of drug-likeness (QED) is 0.766. The molecule has 1 aromatic heterocycles. The lowest BCUT2D eigenvalue weighted by Crippen LogP contribution is -2.07. The molecule has 5 heteroatoms. The summed E-state index contributed by atoms with van der Waals surface area (Å²) in [6.45, 7) is 1.75. The smallest absolute Gasteiger partial charge is 0.267 e. The first-order chi connectivity index (χ1) is 7.65. The van der Waals surface area contributed by atoms with Crippen LogP contribution in [0.2, 0.25) is 0 Å². The highest BCUT2D eigenvalue weighted by Gasteiger charge is 2.17. The van der Waals surface area contributed by atoms with Gasteiger partial charge in [-0.05, 0) is 6.92 Å². The molecule has 1 aromatic carbocycles. The van der Waals surface area contributed by atoms with Gasteiger partial charge in [0.25, 0.3) is 10.1 Å². The number of nitrogens with zero attached hydrogens (tertiary/aromatic N) is 1. The van der Waals surface area contributed by atoms with Crippen LogP contribution in [0, 0.1) is 0 Å². The van der Waals surface area contributed by atoms with Crippen LogP contribution in [-0.4, -0.2) is 20.0 Å². The Bertz CT molecular complexity index is 602. The number of fused-ring (bicyclic) bond motifs is 1. The Morgan fingerprint density at radius 3 is 2.75 bits per heavy atom. The van der Waals surface area contributed by atoms with Crippen LogP contribution in [0.1, 0.15) is 6.92 Å². The van der Waals surface area contributed by atoms with Crippen molar-refractivity contribution in [2.24, 2.45) is 0 Å². The summed E-state index contributed by atoms with van der Waals surface area (Å²) in [6, 6.07) is 7.17. The molecule has 0 radical (unpaired) electrons. The van der Waals surface area contributed by atoms with Crippen molar-refractivity contribution in [2.45, 2.75) is 11.8 Å². The topological polar surface area (TPSA) is 56.3 Å². The first-order valence-electron chi connectivity index (χ1n) is 4.87. The van der Waals surface area contributed by atoms with E-state index in [1.165, 1.54) is 6.20 Å². The molecule has 0 aliphatic heterocycles. The van der Waals surface area contributed by atoms with Gasteiger partial charge in [0.05, 0.1) is 6.61 Å². The lowest BCUT2D eigenvalue weighted by Gasteiger charge is -2.06. The Labute approximate surface area is 94.0 Å². The summed E-state index contributed by atoms with van der Waals surface area (Å²) >= 11 is 0. The molecule has 0 N–H and O–H groups in total. The molecule has 0 aliphatic carbocycles. The highest BCUT2D eigenvalue weighted by Crippen LogP contribution is 2.22. The lowest BCUT2D eigenvalue weighted by molar-refractivity contribution is 0.338. The van der Waals surface area contributed by atoms with Gasteiger partial charge >= 0.3 is 0 Å². The van der Waals surface area contributed by atoms with E-state index < -0.39 is 10.1 Å². The zero-order chi connectivity index (χ0) is 11.6. The predicted octanol–water partition coefficient (Wildman–Crippen LogP) is 1.96. The number of hydrogen-bond acceptors (Lipinski definition) is 4. The summed E-state index contributed by atoms with van der Waals surface area (Å²) in [4.78, 5) is 4.02. The van der Waals surface area contributed by atoms with E-state index in [0.29, 0.717) is 5.39 Å². The van der Waals surface area contributed by atoms with Gasteiger partial charge in [-0.25, -0.2) is 0 Å². The highest BCUT2D eigenvalue weighted by molar-refractivity contribution is 7.87. The molecular formula is C11H11NO3S. The van der Waals surface area contributed by atoms with Gasteiger partial charge in [0.2, 0.25) is 0 Å². The zero-order valence-electron chi connectivity index (χ0n) is 8.75. The van der Waals surface area contributed by atoms with Gasteiger partial charge in [-0.15, -0.1) is 0 Å². The van der Waals surface area contributed by atoms with Crippen LogP contribution in [-0.2, 0) is 14.3 Å². The van der Waals surface area contributed by atoms with Crippen molar-refractivity contribution in [3.05, 3.63) is 36.7 Å². The highest BCUT2D eigenvalue weighted by atomic mass is 32.2. The van der Waals surface area contributed by atoms with Crippen molar-refractivity contribution in [1.82, 2.24) is 4.98 Å². The second-order valence-electron chi connectivity index (χ2n) is 3.22. The maximum absolute atomic E-state index is 11.8. The van der Waals surface area contributed by atoms with Crippen molar-refractivity contribution < 1.29 is 12.6 Å². The molecule has 2 rings (SSSR count).